The highest BCUT2D eigenvalue weighted by Crippen LogP contribution is 2.39. The van der Waals surface area contributed by atoms with E-state index in [9.17, 15) is 4.79 Å². The second-order valence-corrected chi connectivity index (χ2v) is 7.72. The van der Waals surface area contributed by atoms with Gasteiger partial charge in [-0.05, 0) is 36.1 Å². The van der Waals surface area contributed by atoms with Crippen LogP contribution < -0.4 is 5.32 Å². The number of thioether (sulfide) groups is 1. The first kappa shape index (κ1) is 15.3. The van der Waals surface area contributed by atoms with Crippen LogP contribution in [-0.2, 0) is 10.2 Å². The van der Waals surface area contributed by atoms with E-state index < -0.39 is 0 Å². The first-order valence-corrected chi connectivity index (χ1v) is 9.17. The molecule has 2 heterocycles. The number of fused-ring (bicyclic) bond motifs is 2. The number of hydrogen-bond donors (Lipinski definition) is 2. The molecule has 0 aliphatic carbocycles. The maximum Gasteiger partial charge on any atom is 0.225 e. The fraction of sp³-hybridized carbons (Fsp3) is 0.263. The van der Waals surface area contributed by atoms with Crippen LogP contribution in [-0.4, -0.2) is 22.1 Å². The van der Waals surface area contributed by atoms with E-state index in [0.717, 1.165) is 33.7 Å². The topological polar surface area (TPSA) is 57.8 Å². The smallest absolute Gasteiger partial charge is 0.225 e. The summed E-state index contributed by atoms with van der Waals surface area (Å²) in [5.41, 5.74) is 4.79. The Morgan fingerprint density at radius 2 is 1.92 bits per heavy atom. The van der Waals surface area contributed by atoms with Gasteiger partial charge in [-0.15, -0.1) is 11.8 Å². The van der Waals surface area contributed by atoms with Gasteiger partial charge in [0.15, 0.2) is 0 Å². The van der Waals surface area contributed by atoms with Gasteiger partial charge in [0.1, 0.15) is 5.82 Å². The number of nitrogens with zero attached hydrogens (tertiary/aromatic N) is 1. The van der Waals surface area contributed by atoms with Crippen molar-refractivity contribution in [2.24, 2.45) is 0 Å². The summed E-state index contributed by atoms with van der Waals surface area (Å²) in [7, 11) is 0. The molecular formula is C19H19N3OS. The number of benzene rings is 2. The molecule has 5 heteroatoms. The van der Waals surface area contributed by atoms with E-state index in [2.05, 4.69) is 60.7 Å². The van der Waals surface area contributed by atoms with E-state index in [-0.39, 0.29) is 11.3 Å². The summed E-state index contributed by atoms with van der Waals surface area (Å²) >= 11 is 1.72. The van der Waals surface area contributed by atoms with Gasteiger partial charge in [0.25, 0.3) is 0 Å². The highest BCUT2D eigenvalue weighted by atomic mass is 32.2. The van der Waals surface area contributed by atoms with Crippen molar-refractivity contribution in [3.63, 3.8) is 0 Å². The van der Waals surface area contributed by atoms with Crippen LogP contribution in [0.5, 0.6) is 0 Å². The quantitative estimate of drug-likeness (QED) is 0.673. The molecule has 0 atom stereocenters. The molecule has 0 radical (unpaired) electrons. The van der Waals surface area contributed by atoms with Crippen LogP contribution in [0, 0.1) is 0 Å². The average Bonchev–Trinajstić information content (AvgIpc) is 2.95. The van der Waals surface area contributed by atoms with Gasteiger partial charge in [-0.2, -0.15) is 0 Å². The summed E-state index contributed by atoms with van der Waals surface area (Å²) in [5, 5.41) is 2.98. The standard InChI is InChI=1S/C19H19N3OS/c1-19(2)10-17(23)20-14-9-16-15(8-13(14)19)21-18(22-16)11-4-6-12(24-3)7-5-11/h4-9H,10H2,1-3H3,(H,20,23)(H,21,22). The number of carbonyl (C=O) groups excluding carboxylic acids is 1. The van der Waals surface area contributed by atoms with Gasteiger partial charge in [0, 0.05) is 28.0 Å². The molecule has 1 aliphatic rings. The molecule has 0 bridgehead atoms. The molecule has 0 fully saturated rings. The Kier molecular flexibility index (Phi) is 3.42. The number of amides is 1. The zero-order chi connectivity index (χ0) is 16.9. The number of rotatable bonds is 2. The van der Waals surface area contributed by atoms with Gasteiger partial charge in [0.2, 0.25) is 5.91 Å². The molecule has 0 unspecified atom stereocenters. The maximum atomic E-state index is 11.9. The molecule has 1 aliphatic heterocycles. The van der Waals surface area contributed by atoms with Crippen molar-refractivity contribution in [3.05, 3.63) is 42.0 Å². The van der Waals surface area contributed by atoms with Gasteiger partial charge in [-0.1, -0.05) is 26.0 Å². The third-order valence-electron chi connectivity index (χ3n) is 4.59. The lowest BCUT2D eigenvalue weighted by atomic mass is 9.78. The summed E-state index contributed by atoms with van der Waals surface area (Å²) in [6, 6.07) is 12.4. The normalized spacial score (nSPS) is 16.0. The molecule has 4 rings (SSSR count). The minimum atomic E-state index is -0.170. The average molecular weight is 337 g/mol. The van der Waals surface area contributed by atoms with Crippen molar-refractivity contribution in [1.29, 1.82) is 0 Å². The fourth-order valence-corrected chi connectivity index (χ4v) is 3.71. The summed E-state index contributed by atoms with van der Waals surface area (Å²) in [6.07, 6.45) is 2.57. The van der Waals surface area contributed by atoms with Crippen LogP contribution in [0.15, 0.2) is 41.3 Å². The molecular weight excluding hydrogens is 318 g/mol. The van der Waals surface area contributed by atoms with Crippen LogP contribution in [0.3, 0.4) is 0 Å². The van der Waals surface area contributed by atoms with Gasteiger partial charge in [-0.25, -0.2) is 4.98 Å². The summed E-state index contributed by atoms with van der Waals surface area (Å²) in [6.45, 7) is 4.21. The predicted molar refractivity (Wildman–Crippen MR) is 99.6 cm³/mol. The Balaban J connectivity index is 1.82. The predicted octanol–water partition coefficient (Wildman–Crippen LogP) is 4.57. The number of anilines is 1. The van der Waals surface area contributed by atoms with Gasteiger partial charge in [0.05, 0.1) is 11.0 Å². The minimum absolute atomic E-state index is 0.0651. The van der Waals surface area contributed by atoms with Crippen LogP contribution in [0.2, 0.25) is 0 Å². The summed E-state index contributed by atoms with van der Waals surface area (Å²) < 4.78 is 0. The van der Waals surface area contributed by atoms with E-state index in [0.29, 0.717) is 6.42 Å². The van der Waals surface area contributed by atoms with Crippen LogP contribution in [0.4, 0.5) is 5.69 Å². The number of H-pyrrole nitrogens is 1. The lowest BCUT2D eigenvalue weighted by Gasteiger charge is -2.31. The fourth-order valence-electron chi connectivity index (χ4n) is 3.30. The SMILES string of the molecule is CSc1ccc(-c2nc3cc4c(cc3[nH]2)C(C)(C)CC(=O)N4)cc1. The summed E-state index contributed by atoms with van der Waals surface area (Å²) in [4.78, 5) is 21.3. The number of imidazole rings is 1. The van der Waals surface area contributed by atoms with Crippen molar-refractivity contribution < 1.29 is 4.79 Å². The maximum absolute atomic E-state index is 11.9. The Bertz CT molecular complexity index is 941. The van der Waals surface area contributed by atoms with Crippen molar-refractivity contribution in [1.82, 2.24) is 9.97 Å². The zero-order valence-corrected chi connectivity index (χ0v) is 14.8. The van der Waals surface area contributed by atoms with Crippen LogP contribution in [0.1, 0.15) is 25.8 Å². The largest absolute Gasteiger partial charge is 0.338 e. The Morgan fingerprint density at radius 3 is 2.62 bits per heavy atom. The molecule has 122 valence electrons. The van der Waals surface area contributed by atoms with Crippen LogP contribution in [0.25, 0.3) is 22.4 Å². The molecule has 3 aromatic rings. The van der Waals surface area contributed by atoms with Crippen molar-refractivity contribution >= 4 is 34.4 Å². The van der Waals surface area contributed by atoms with E-state index in [4.69, 9.17) is 4.98 Å². The van der Waals surface area contributed by atoms with E-state index in [1.54, 1.807) is 11.8 Å². The first-order chi connectivity index (χ1) is 11.5. The molecule has 24 heavy (non-hydrogen) atoms. The number of nitrogens with one attached hydrogen (secondary N) is 2. The van der Waals surface area contributed by atoms with E-state index >= 15 is 0 Å². The van der Waals surface area contributed by atoms with E-state index in [1.165, 1.54) is 4.90 Å². The lowest BCUT2D eigenvalue weighted by molar-refractivity contribution is -0.117. The molecule has 1 aromatic heterocycles. The number of hydrogen-bond acceptors (Lipinski definition) is 3. The molecule has 0 saturated carbocycles. The Hall–Kier alpha value is -2.27. The highest BCUT2D eigenvalue weighted by molar-refractivity contribution is 7.98. The molecule has 4 nitrogen and oxygen atoms in total. The lowest BCUT2D eigenvalue weighted by Crippen LogP contribution is -2.32. The van der Waals surface area contributed by atoms with Crippen molar-refractivity contribution in [3.8, 4) is 11.4 Å². The molecule has 0 saturated heterocycles. The zero-order valence-electron chi connectivity index (χ0n) is 13.9. The second kappa shape index (κ2) is 5.38. The highest BCUT2D eigenvalue weighted by Gasteiger charge is 2.32. The molecule has 2 N–H and O–H groups in total. The first-order valence-electron chi connectivity index (χ1n) is 7.95. The Morgan fingerprint density at radius 1 is 1.17 bits per heavy atom. The molecule has 1 amide bonds. The minimum Gasteiger partial charge on any atom is -0.338 e. The third kappa shape index (κ3) is 2.49. The molecule has 2 aromatic carbocycles. The number of carbonyl (C=O) groups is 1. The van der Waals surface area contributed by atoms with Gasteiger partial charge >= 0.3 is 0 Å². The van der Waals surface area contributed by atoms with Crippen molar-refractivity contribution in [2.75, 3.05) is 11.6 Å². The van der Waals surface area contributed by atoms with E-state index in [1.807, 2.05) is 6.07 Å². The number of aromatic amines is 1. The monoisotopic (exact) mass is 337 g/mol. The van der Waals surface area contributed by atoms with Crippen molar-refractivity contribution in [2.45, 2.75) is 30.6 Å². The third-order valence-corrected chi connectivity index (χ3v) is 5.33. The van der Waals surface area contributed by atoms with Gasteiger partial charge in [-0.3, -0.25) is 4.79 Å². The van der Waals surface area contributed by atoms with Crippen LogP contribution >= 0.6 is 11.8 Å². The number of aromatic nitrogens is 2. The summed E-state index contributed by atoms with van der Waals surface area (Å²) in [5.74, 6) is 0.916. The van der Waals surface area contributed by atoms with Gasteiger partial charge < -0.3 is 10.3 Å². The second-order valence-electron chi connectivity index (χ2n) is 6.84. The molecule has 0 spiro atoms. The Labute approximate surface area is 145 Å².